The van der Waals surface area contributed by atoms with Gasteiger partial charge in [0.05, 0.1) is 17.7 Å². The summed E-state index contributed by atoms with van der Waals surface area (Å²) in [7, 11) is 1.64. The highest BCUT2D eigenvalue weighted by Gasteiger charge is 2.14. The van der Waals surface area contributed by atoms with E-state index in [9.17, 15) is 4.79 Å². The first-order valence-corrected chi connectivity index (χ1v) is 6.76. The molecule has 1 heterocycles. The zero-order valence-corrected chi connectivity index (χ0v) is 11.9. The van der Waals surface area contributed by atoms with E-state index in [1.807, 2.05) is 29.2 Å². The van der Waals surface area contributed by atoms with Crippen LogP contribution in [-0.4, -0.2) is 31.0 Å². The molecule has 1 aromatic carbocycles. The normalized spacial score (nSPS) is 10.5. The van der Waals surface area contributed by atoms with Gasteiger partial charge in [-0.05, 0) is 30.7 Å². The lowest BCUT2D eigenvalue weighted by atomic mass is 10.1. The van der Waals surface area contributed by atoms with Gasteiger partial charge in [-0.2, -0.15) is 0 Å². The van der Waals surface area contributed by atoms with Crippen LogP contribution in [0.15, 0.2) is 30.5 Å². The van der Waals surface area contributed by atoms with E-state index in [0.717, 1.165) is 29.6 Å². The molecule has 20 heavy (non-hydrogen) atoms. The van der Waals surface area contributed by atoms with Gasteiger partial charge in [-0.3, -0.25) is 9.78 Å². The summed E-state index contributed by atoms with van der Waals surface area (Å²) in [6.45, 7) is 3.20. The first-order valence-electron chi connectivity index (χ1n) is 6.76. The van der Waals surface area contributed by atoms with Gasteiger partial charge in [-0.1, -0.05) is 6.92 Å². The molecule has 1 amide bonds. The van der Waals surface area contributed by atoms with Crippen LogP contribution in [0.5, 0.6) is 0 Å². The van der Waals surface area contributed by atoms with Crippen LogP contribution < -0.4 is 16.0 Å². The number of amides is 1. The monoisotopic (exact) mass is 272 g/mol. The number of hydrogen-bond donors (Lipinski definition) is 2. The molecule has 5 nitrogen and oxygen atoms in total. The second-order valence-corrected chi connectivity index (χ2v) is 4.67. The van der Waals surface area contributed by atoms with Crippen LogP contribution in [0.3, 0.4) is 0 Å². The number of fused-ring (bicyclic) bond motifs is 1. The van der Waals surface area contributed by atoms with Crippen LogP contribution in [0.4, 0.5) is 11.4 Å². The largest absolute Gasteiger partial charge is 0.398 e. The summed E-state index contributed by atoms with van der Waals surface area (Å²) in [6, 6.07) is 7.62. The van der Waals surface area contributed by atoms with Crippen molar-refractivity contribution in [1.29, 1.82) is 0 Å². The van der Waals surface area contributed by atoms with E-state index in [-0.39, 0.29) is 5.91 Å². The molecule has 0 aliphatic rings. The summed E-state index contributed by atoms with van der Waals surface area (Å²) < 4.78 is 0. The number of carbonyl (C=O) groups is 1. The maximum atomic E-state index is 11.7. The van der Waals surface area contributed by atoms with Gasteiger partial charge < -0.3 is 16.0 Å². The van der Waals surface area contributed by atoms with Crippen LogP contribution in [0.2, 0.25) is 0 Å². The molecule has 0 saturated heterocycles. The molecule has 3 N–H and O–H groups in total. The van der Waals surface area contributed by atoms with Crippen molar-refractivity contribution in [2.24, 2.45) is 0 Å². The number of anilines is 2. The molecule has 2 aromatic rings. The Labute approximate surface area is 118 Å². The second-order valence-electron chi connectivity index (χ2n) is 4.67. The van der Waals surface area contributed by atoms with Gasteiger partial charge in [0, 0.05) is 30.9 Å². The van der Waals surface area contributed by atoms with Gasteiger partial charge in [-0.25, -0.2) is 0 Å². The van der Waals surface area contributed by atoms with E-state index in [4.69, 9.17) is 5.73 Å². The molecule has 0 unspecified atom stereocenters. The van der Waals surface area contributed by atoms with Crippen molar-refractivity contribution in [2.75, 3.05) is 30.8 Å². The summed E-state index contributed by atoms with van der Waals surface area (Å²) in [5, 5.41) is 3.58. The Morgan fingerprint density at radius 3 is 2.90 bits per heavy atom. The number of carbonyl (C=O) groups excluding carboxylic acids is 1. The van der Waals surface area contributed by atoms with Crippen LogP contribution in [-0.2, 0) is 4.79 Å². The van der Waals surface area contributed by atoms with E-state index < -0.39 is 0 Å². The fourth-order valence-electron chi connectivity index (χ4n) is 2.24. The molecular formula is C15H20N4O. The number of likely N-dealkylation sites (N-methyl/N-ethyl adjacent to an activating group) is 1. The molecule has 1 aromatic heterocycles. The maximum Gasteiger partial charge on any atom is 0.239 e. The third-order valence-electron chi connectivity index (χ3n) is 3.23. The second kappa shape index (κ2) is 6.23. The Bertz CT molecular complexity index is 612. The van der Waals surface area contributed by atoms with Gasteiger partial charge in [0.25, 0.3) is 0 Å². The summed E-state index contributed by atoms with van der Waals surface area (Å²) >= 11 is 0. The van der Waals surface area contributed by atoms with Crippen LogP contribution in [0.1, 0.15) is 13.3 Å². The number of aromatic nitrogens is 1. The quantitative estimate of drug-likeness (QED) is 0.814. The first-order chi connectivity index (χ1) is 9.67. The smallest absolute Gasteiger partial charge is 0.239 e. The third kappa shape index (κ3) is 2.82. The Hall–Kier alpha value is -2.30. The SMILES string of the molecule is CCCN(CC(=O)NC)c1ccc(N)c2cccnc12. The third-order valence-corrected chi connectivity index (χ3v) is 3.23. The number of nitrogens with one attached hydrogen (secondary N) is 1. The van der Waals surface area contributed by atoms with Crippen molar-refractivity contribution in [3.63, 3.8) is 0 Å². The molecule has 0 aliphatic carbocycles. The van der Waals surface area contributed by atoms with E-state index in [1.54, 1.807) is 13.2 Å². The average molecular weight is 272 g/mol. The number of nitrogens with zero attached hydrogens (tertiary/aromatic N) is 2. The van der Waals surface area contributed by atoms with Crippen molar-refractivity contribution < 1.29 is 4.79 Å². The fraction of sp³-hybridized carbons (Fsp3) is 0.333. The molecule has 2 rings (SSSR count). The van der Waals surface area contributed by atoms with Gasteiger partial charge in [0.15, 0.2) is 0 Å². The molecule has 106 valence electrons. The minimum absolute atomic E-state index is 0.0145. The molecule has 0 aliphatic heterocycles. The number of benzene rings is 1. The zero-order chi connectivity index (χ0) is 14.5. The Morgan fingerprint density at radius 2 is 2.20 bits per heavy atom. The Balaban J connectivity index is 2.47. The highest BCUT2D eigenvalue weighted by atomic mass is 16.1. The highest BCUT2D eigenvalue weighted by Crippen LogP contribution is 2.29. The molecule has 0 radical (unpaired) electrons. The minimum atomic E-state index is -0.0145. The van der Waals surface area contributed by atoms with Crippen LogP contribution >= 0.6 is 0 Å². The molecule has 0 atom stereocenters. The highest BCUT2D eigenvalue weighted by molar-refractivity contribution is 5.99. The number of nitrogens with two attached hydrogens (primary N) is 1. The summed E-state index contributed by atoms with van der Waals surface area (Å²) in [4.78, 5) is 18.1. The Kier molecular flexibility index (Phi) is 4.40. The summed E-state index contributed by atoms with van der Waals surface area (Å²) in [5.74, 6) is -0.0145. The van der Waals surface area contributed by atoms with Crippen molar-refractivity contribution in [2.45, 2.75) is 13.3 Å². The van der Waals surface area contributed by atoms with E-state index in [0.29, 0.717) is 12.2 Å². The van der Waals surface area contributed by atoms with E-state index in [1.165, 1.54) is 0 Å². The predicted octanol–water partition coefficient (Wildman–Crippen LogP) is 1.78. The first kappa shape index (κ1) is 14.1. The number of pyridine rings is 1. The molecule has 0 fully saturated rings. The number of hydrogen-bond acceptors (Lipinski definition) is 4. The summed E-state index contributed by atoms with van der Waals surface area (Å²) in [5.41, 5.74) is 8.47. The average Bonchev–Trinajstić information content (AvgIpc) is 2.47. The van der Waals surface area contributed by atoms with Crippen molar-refractivity contribution in [3.05, 3.63) is 30.5 Å². The standard InChI is InChI=1S/C15H20N4O/c1-3-9-19(10-14(20)17-2)13-7-6-12(16)11-5-4-8-18-15(11)13/h4-8H,3,9-10,16H2,1-2H3,(H,17,20). The van der Waals surface area contributed by atoms with Crippen molar-refractivity contribution in [3.8, 4) is 0 Å². The predicted molar refractivity (Wildman–Crippen MR) is 82.7 cm³/mol. The lowest BCUT2D eigenvalue weighted by Crippen LogP contribution is -2.36. The Morgan fingerprint density at radius 1 is 1.40 bits per heavy atom. The van der Waals surface area contributed by atoms with Crippen molar-refractivity contribution >= 4 is 28.2 Å². The van der Waals surface area contributed by atoms with Gasteiger partial charge >= 0.3 is 0 Å². The number of rotatable bonds is 5. The van der Waals surface area contributed by atoms with Gasteiger partial charge in [0.1, 0.15) is 0 Å². The van der Waals surface area contributed by atoms with E-state index in [2.05, 4.69) is 17.2 Å². The lowest BCUT2D eigenvalue weighted by Gasteiger charge is -2.24. The number of nitrogen functional groups attached to an aromatic ring is 1. The molecule has 0 saturated carbocycles. The minimum Gasteiger partial charge on any atom is -0.398 e. The van der Waals surface area contributed by atoms with Crippen LogP contribution in [0.25, 0.3) is 10.9 Å². The summed E-state index contributed by atoms with van der Waals surface area (Å²) in [6.07, 6.45) is 2.70. The molecule has 5 heteroatoms. The molecule has 0 spiro atoms. The van der Waals surface area contributed by atoms with Crippen molar-refractivity contribution in [1.82, 2.24) is 10.3 Å². The molecular weight excluding hydrogens is 252 g/mol. The topological polar surface area (TPSA) is 71.2 Å². The fourth-order valence-corrected chi connectivity index (χ4v) is 2.24. The maximum absolute atomic E-state index is 11.7. The zero-order valence-electron chi connectivity index (χ0n) is 11.9. The lowest BCUT2D eigenvalue weighted by molar-refractivity contribution is -0.119. The van der Waals surface area contributed by atoms with E-state index >= 15 is 0 Å². The van der Waals surface area contributed by atoms with Crippen LogP contribution in [0, 0.1) is 0 Å². The van der Waals surface area contributed by atoms with Gasteiger partial charge in [0.2, 0.25) is 5.91 Å². The van der Waals surface area contributed by atoms with Gasteiger partial charge in [-0.15, -0.1) is 0 Å². The molecule has 0 bridgehead atoms.